The van der Waals surface area contributed by atoms with E-state index >= 15 is 0 Å². The first-order valence-corrected chi connectivity index (χ1v) is 10.0. The summed E-state index contributed by atoms with van der Waals surface area (Å²) in [5, 5.41) is 0. The summed E-state index contributed by atoms with van der Waals surface area (Å²) >= 11 is 0. The first kappa shape index (κ1) is 20.5. The quantitative estimate of drug-likeness (QED) is 0.691. The van der Waals surface area contributed by atoms with E-state index in [9.17, 15) is 13.6 Å². The van der Waals surface area contributed by atoms with Crippen LogP contribution in [0.5, 0.6) is 5.75 Å². The molecular weight excluding hydrogens is 394 g/mol. The van der Waals surface area contributed by atoms with E-state index in [1.54, 1.807) is 0 Å². The van der Waals surface area contributed by atoms with Gasteiger partial charge in [0, 0.05) is 38.1 Å². The summed E-state index contributed by atoms with van der Waals surface area (Å²) in [6.07, 6.45) is 4.37. The molecule has 1 aromatic carbocycles. The number of hydrogen-bond donors (Lipinski definition) is 0. The number of hydrogen-bond acceptors (Lipinski definition) is 7. The Kier molecular flexibility index (Phi) is 6.08. The van der Waals surface area contributed by atoms with Gasteiger partial charge in [0.15, 0.2) is 5.82 Å². The molecule has 7 nitrogen and oxygen atoms in total. The molecule has 2 aliphatic heterocycles. The Morgan fingerprint density at radius 2 is 1.93 bits per heavy atom. The lowest BCUT2D eigenvalue weighted by Crippen LogP contribution is -2.57. The van der Waals surface area contributed by atoms with Crippen molar-refractivity contribution in [3.8, 4) is 5.75 Å². The van der Waals surface area contributed by atoms with Gasteiger partial charge in [0.25, 0.3) is 0 Å². The molecule has 2 atom stereocenters. The second-order valence-corrected chi connectivity index (χ2v) is 7.68. The van der Waals surface area contributed by atoms with E-state index in [1.165, 1.54) is 31.6 Å². The average molecular weight is 418 g/mol. The maximum atomic E-state index is 13.5. The van der Waals surface area contributed by atoms with E-state index in [0.29, 0.717) is 30.3 Å². The summed E-state index contributed by atoms with van der Waals surface area (Å²) < 4.78 is 37.2. The predicted molar refractivity (Wildman–Crippen MR) is 106 cm³/mol. The maximum absolute atomic E-state index is 13.5. The number of benzene rings is 1. The number of ether oxygens (including phenoxy) is 2. The summed E-state index contributed by atoms with van der Waals surface area (Å²) in [4.78, 5) is 24.6. The van der Waals surface area contributed by atoms with Crippen LogP contribution >= 0.6 is 0 Å². The van der Waals surface area contributed by atoms with Crippen molar-refractivity contribution >= 4 is 11.9 Å². The Labute approximate surface area is 173 Å². The summed E-state index contributed by atoms with van der Waals surface area (Å²) in [5.41, 5.74) is 0.0964. The van der Waals surface area contributed by atoms with Crippen LogP contribution in [0.4, 0.5) is 14.7 Å². The van der Waals surface area contributed by atoms with Crippen molar-refractivity contribution in [1.82, 2.24) is 14.9 Å². The van der Waals surface area contributed by atoms with E-state index in [4.69, 9.17) is 9.47 Å². The number of rotatable bonds is 5. The zero-order chi connectivity index (χ0) is 21.1. The maximum Gasteiger partial charge on any atom is 0.341 e. The van der Waals surface area contributed by atoms with E-state index in [-0.39, 0.29) is 5.56 Å². The molecule has 0 unspecified atom stereocenters. The zero-order valence-corrected chi connectivity index (χ0v) is 16.8. The highest BCUT2D eigenvalue weighted by molar-refractivity contribution is 5.92. The largest absolute Gasteiger partial charge is 0.492 e. The van der Waals surface area contributed by atoms with Crippen LogP contribution in [0.1, 0.15) is 23.2 Å². The van der Waals surface area contributed by atoms with Crippen molar-refractivity contribution in [3.05, 3.63) is 47.8 Å². The van der Waals surface area contributed by atoms with Gasteiger partial charge in [-0.15, -0.1) is 0 Å². The fourth-order valence-electron chi connectivity index (χ4n) is 4.15. The van der Waals surface area contributed by atoms with Crippen molar-refractivity contribution in [1.29, 1.82) is 0 Å². The van der Waals surface area contributed by atoms with E-state index < -0.39 is 17.6 Å². The summed E-state index contributed by atoms with van der Waals surface area (Å²) in [6, 6.07) is 4.26. The van der Waals surface area contributed by atoms with Crippen molar-refractivity contribution in [2.24, 2.45) is 5.92 Å². The van der Waals surface area contributed by atoms with E-state index in [1.807, 2.05) is 0 Å². The van der Waals surface area contributed by atoms with Gasteiger partial charge in [-0.05, 0) is 31.0 Å². The molecule has 4 rings (SSSR count). The molecule has 0 radical (unpaired) electrons. The number of carbonyl (C=O) groups excluding carboxylic acids is 1. The second-order valence-electron chi connectivity index (χ2n) is 7.68. The lowest BCUT2D eigenvalue weighted by molar-refractivity contribution is 0.0583. The van der Waals surface area contributed by atoms with Crippen LogP contribution in [0.15, 0.2) is 30.6 Å². The van der Waals surface area contributed by atoms with Crippen LogP contribution < -0.4 is 9.64 Å². The Morgan fingerprint density at radius 3 is 2.70 bits per heavy atom. The highest BCUT2D eigenvalue weighted by Crippen LogP contribution is 2.28. The number of anilines is 1. The van der Waals surface area contributed by atoms with Crippen molar-refractivity contribution in [2.75, 3.05) is 44.8 Å². The number of esters is 1. The lowest BCUT2D eigenvalue weighted by atomic mass is 9.91. The lowest BCUT2D eigenvalue weighted by Gasteiger charge is -2.46. The molecule has 30 heavy (non-hydrogen) atoms. The highest BCUT2D eigenvalue weighted by Gasteiger charge is 2.34. The molecule has 2 fully saturated rings. The number of nitrogens with zero attached hydrogens (tertiary/aromatic N) is 4. The van der Waals surface area contributed by atoms with Crippen LogP contribution in [-0.4, -0.2) is 66.8 Å². The van der Waals surface area contributed by atoms with Crippen molar-refractivity contribution in [2.45, 2.75) is 18.9 Å². The minimum Gasteiger partial charge on any atom is -0.492 e. The summed E-state index contributed by atoms with van der Waals surface area (Å²) in [7, 11) is 1.26. The number of halogens is 2. The van der Waals surface area contributed by atoms with Gasteiger partial charge >= 0.3 is 5.97 Å². The van der Waals surface area contributed by atoms with Gasteiger partial charge in [-0.3, -0.25) is 4.90 Å². The number of piperazine rings is 1. The van der Waals surface area contributed by atoms with E-state index in [0.717, 1.165) is 45.1 Å². The molecule has 0 saturated carbocycles. The third-order valence-electron chi connectivity index (χ3n) is 5.72. The minimum absolute atomic E-state index is 0.0964. The third kappa shape index (κ3) is 4.51. The third-order valence-corrected chi connectivity index (χ3v) is 5.72. The predicted octanol–water partition coefficient (Wildman–Crippen LogP) is 2.52. The Hall–Kier alpha value is -2.81. The molecule has 0 amide bonds. The molecule has 3 heterocycles. The zero-order valence-electron chi connectivity index (χ0n) is 16.8. The molecule has 2 aliphatic rings. The Morgan fingerprint density at radius 1 is 1.13 bits per heavy atom. The molecule has 160 valence electrons. The van der Waals surface area contributed by atoms with Crippen LogP contribution in [-0.2, 0) is 4.74 Å². The van der Waals surface area contributed by atoms with Crippen LogP contribution in [0.3, 0.4) is 0 Å². The van der Waals surface area contributed by atoms with Crippen LogP contribution in [0, 0.1) is 17.6 Å². The molecule has 0 bridgehead atoms. The topological polar surface area (TPSA) is 67.8 Å². The van der Waals surface area contributed by atoms with Gasteiger partial charge in [-0.25, -0.2) is 23.5 Å². The molecule has 0 spiro atoms. The molecule has 2 aromatic rings. The molecule has 1 aromatic heterocycles. The smallest absolute Gasteiger partial charge is 0.341 e. The molecular formula is C21H24F2N4O3. The van der Waals surface area contributed by atoms with Gasteiger partial charge in [-0.1, -0.05) is 0 Å². The number of methoxy groups -OCH3 is 1. The van der Waals surface area contributed by atoms with Gasteiger partial charge in [0.05, 0.1) is 26.1 Å². The SMILES string of the molecule is COC(=O)c1cc(F)ccc1OC[C@H]1CC[C@H]2CN(c3ncc(F)cn3)CCN2C1. The molecule has 0 aliphatic carbocycles. The van der Waals surface area contributed by atoms with Crippen LogP contribution in [0.25, 0.3) is 0 Å². The first-order chi connectivity index (χ1) is 14.5. The fourth-order valence-corrected chi connectivity index (χ4v) is 4.15. The number of piperidine rings is 1. The Bertz CT molecular complexity index is 896. The molecule has 0 N–H and O–H groups in total. The molecule has 2 saturated heterocycles. The van der Waals surface area contributed by atoms with Gasteiger partial charge in [-0.2, -0.15) is 0 Å². The van der Waals surface area contributed by atoms with E-state index in [2.05, 4.69) is 19.8 Å². The van der Waals surface area contributed by atoms with Gasteiger partial charge in [0.1, 0.15) is 17.1 Å². The molecule has 9 heteroatoms. The van der Waals surface area contributed by atoms with Gasteiger partial charge < -0.3 is 14.4 Å². The monoisotopic (exact) mass is 418 g/mol. The number of carbonyl (C=O) groups is 1. The number of aromatic nitrogens is 2. The van der Waals surface area contributed by atoms with Crippen molar-refractivity contribution < 1.29 is 23.0 Å². The van der Waals surface area contributed by atoms with Crippen molar-refractivity contribution in [3.63, 3.8) is 0 Å². The second kappa shape index (κ2) is 8.91. The first-order valence-electron chi connectivity index (χ1n) is 10.0. The minimum atomic E-state index is -0.618. The van der Waals surface area contributed by atoms with Crippen LogP contribution in [0.2, 0.25) is 0 Å². The van der Waals surface area contributed by atoms with Gasteiger partial charge in [0.2, 0.25) is 5.95 Å². The standard InChI is InChI=1S/C21H24F2N4O3/c1-29-20(28)18-8-15(22)3-5-19(18)30-13-14-2-4-17-12-27(7-6-26(17)11-14)21-24-9-16(23)10-25-21/h3,5,8-10,14,17H,2,4,6-7,11-13H2,1H3/t14-,17-/m0/s1. The Balaban J connectivity index is 1.33. The average Bonchev–Trinajstić information content (AvgIpc) is 2.77. The highest BCUT2D eigenvalue weighted by atomic mass is 19.1. The summed E-state index contributed by atoms with van der Waals surface area (Å²) in [5.74, 6) is -0.352. The summed E-state index contributed by atoms with van der Waals surface area (Å²) in [6.45, 7) is 3.79. The number of fused-ring (bicyclic) bond motifs is 1. The fraction of sp³-hybridized carbons (Fsp3) is 0.476. The normalized spacial score (nSPS) is 21.8.